The minimum Gasteiger partial charge on any atom is -0.398 e. The Morgan fingerprint density at radius 2 is 2.35 bits per heavy atom. The maximum Gasteiger partial charge on any atom is 0.0468 e. The molecule has 3 rings (SSSR count). The molecule has 2 saturated heterocycles. The smallest absolute Gasteiger partial charge is 0.0468 e. The Labute approximate surface area is 107 Å². The van der Waals surface area contributed by atoms with E-state index < -0.39 is 0 Å². The largest absolute Gasteiger partial charge is 0.398 e. The van der Waals surface area contributed by atoms with Gasteiger partial charge in [-0.25, -0.2) is 0 Å². The van der Waals surface area contributed by atoms with E-state index in [0.717, 1.165) is 18.3 Å². The van der Waals surface area contributed by atoms with Crippen LogP contribution in [0.5, 0.6) is 0 Å². The third-order valence-electron chi connectivity index (χ3n) is 4.15. The van der Waals surface area contributed by atoms with Gasteiger partial charge in [0.1, 0.15) is 0 Å². The summed E-state index contributed by atoms with van der Waals surface area (Å²) in [6.07, 6.45) is 5.42. The van der Waals surface area contributed by atoms with Gasteiger partial charge in [0, 0.05) is 29.2 Å². The van der Waals surface area contributed by atoms with Gasteiger partial charge in [-0.05, 0) is 50.2 Å². The molecule has 2 unspecified atom stereocenters. The van der Waals surface area contributed by atoms with Crippen LogP contribution in [0.1, 0.15) is 30.6 Å². The summed E-state index contributed by atoms with van der Waals surface area (Å²) < 4.78 is 0. The van der Waals surface area contributed by atoms with Crippen molar-refractivity contribution in [1.29, 1.82) is 0 Å². The fourth-order valence-electron chi connectivity index (χ4n) is 3.14. The quantitative estimate of drug-likeness (QED) is 0.864. The zero-order valence-electron chi connectivity index (χ0n) is 10.2. The molecule has 3 nitrogen and oxygen atoms in total. The van der Waals surface area contributed by atoms with Crippen LogP contribution in [0.3, 0.4) is 0 Å². The Morgan fingerprint density at radius 3 is 3.18 bits per heavy atom. The average Bonchev–Trinajstić information content (AvgIpc) is 2.94. The molecule has 0 radical (unpaired) electrons. The van der Waals surface area contributed by atoms with Crippen LogP contribution in [-0.4, -0.2) is 30.1 Å². The Morgan fingerprint density at radius 1 is 1.41 bits per heavy atom. The van der Waals surface area contributed by atoms with Gasteiger partial charge >= 0.3 is 0 Å². The first-order valence-electron chi connectivity index (χ1n) is 6.62. The van der Waals surface area contributed by atoms with Crippen LogP contribution in [0.25, 0.3) is 0 Å². The highest BCUT2D eigenvalue weighted by atomic mass is 32.1. The van der Waals surface area contributed by atoms with Gasteiger partial charge in [0.2, 0.25) is 0 Å². The van der Waals surface area contributed by atoms with E-state index >= 15 is 0 Å². The van der Waals surface area contributed by atoms with Crippen LogP contribution in [0.4, 0.5) is 5.69 Å². The van der Waals surface area contributed by atoms with Gasteiger partial charge in [0.15, 0.2) is 0 Å². The van der Waals surface area contributed by atoms with Gasteiger partial charge in [-0.15, -0.1) is 11.3 Å². The van der Waals surface area contributed by atoms with Crippen molar-refractivity contribution in [1.82, 2.24) is 10.2 Å². The van der Waals surface area contributed by atoms with E-state index in [9.17, 15) is 0 Å². The number of hydrogen-bond acceptors (Lipinski definition) is 4. The number of rotatable bonds is 3. The summed E-state index contributed by atoms with van der Waals surface area (Å²) in [6.45, 7) is 3.55. The third kappa shape index (κ3) is 2.49. The highest BCUT2D eigenvalue weighted by Gasteiger charge is 2.31. The van der Waals surface area contributed by atoms with Gasteiger partial charge in [0.25, 0.3) is 0 Å². The first-order chi connectivity index (χ1) is 8.33. The molecule has 17 heavy (non-hydrogen) atoms. The lowest BCUT2D eigenvalue weighted by Crippen LogP contribution is -2.45. The molecule has 3 heterocycles. The topological polar surface area (TPSA) is 41.3 Å². The molecule has 0 amide bonds. The van der Waals surface area contributed by atoms with Gasteiger partial charge in [-0.2, -0.15) is 0 Å². The predicted molar refractivity (Wildman–Crippen MR) is 73.2 cm³/mol. The minimum atomic E-state index is 0.691. The van der Waals surface area contributed by atoms with Crippen LogP contribution in [0.15, 0.2) is 11.4 Å². The Balaban J connectivity index is 1.51. The van der Waals surface area contributed by atoms with E-state index in [1.165, 1.54) is 43.6 Å². The van der Waals surface area contributed by atoms with Crippen molar-refractivity contribution in [2.45, 2.75) is 44.3 Å². The molecule has 2 fully saturated rings. The summed E-state index contributed by atoms with van der Waals surface area (Å²) in [5.74, 6) is 0. The zero-order chi connectivity index (χ0) is 11.7. The Bertz CT molecular complexity index is 376. The van der Waals surface area contributed by atoms with E-state index in [2.05, 4.69) is 15.6 Å². The van der Waals surface area contributed by atoms with Crippen molar-refractivity contribution in [2.24, 2.45) is 0 Å². The van der Waals surface area contributed by atoms with Crippen molar-refractivity contribution in [3.63, 3.8) is 0 Å². The normalized spacial score (nSPS) is 29.4. The Kier molecular flexibility index (Phi) is 3.36. The van der Waals surface area contributed by atoms with Gasteiger partial charge in [-0.1, -0.05) is 0 Å². The van der Waals surface area contributed by atoms with E-state index in [1.54, 1.807) is 11.3 Å². The number of nitrogens with zero attached hydrogens (tertiary/aromatic N) is 1. The highest BCUT2D eigenvalue weighted by Crippen LogP contribution is 2.27. The molecular weight excluding hydrogens is 230 g/mol. The van der Waals surface area contributed by atoms with E-state index in [0.29, 0.717) is 6.04 Å². The van der Waals surface area contributed by atoms with Crippen LogP contribution in [-0.2, 0) is 6.54 Å². The monoisotopic (exact) mass is 251 g/mol. The number of anilines is 1. The maximum atomic E-state index is 5.90. The molecule has 1 aromatic heterocycles. The molecule has 94 valence electrons. The lowest BCUT2D eigenvalue weighted by Gasteiger charge is -2.35. The van der Waals surface area contributed by atoms with Crippen LogP contribution < -0.4 is 11.1 Å². The number of hydrogen-bond donors (Lipinski definition) is 2. The van der Waals surface area contributed by atoms with Crippen molar-refractivity contribution in [2.75, 3.05) is 18.8 Å². The van der Waals surface area contributed by atoms with Crippen LogP contribution >= 0.6 is 11.3 Å². The second-order valence-corrected chi connectivity index (χ2v) is 6.23. The fraction of sp³-hybridized carbons (Fsp3) is 0.692. The molecule has 0 saturated carbocycles. The summed E-state index contributed by atoms with van der Waals surface area (Å²) in [5, 5.41) is 5.76. The molecule has 0 aromatic carbocycles. The van der Waals surface area contributed by atoms with E-state index in [4.69, 9.17) is 5.73 Å². The lowest BCUT2D eigenvalue weighted by atomic mass is 9.97. The summed E-state index contributed by atoms with van der Waals surface area (Å²) >= 11 is 1.76. The van der Waals surface area contributed by atoms with Gasteiger partial charge in [0.05, 0.1) is 0 Å². The molecule has 1 aromatic rings. The number of fused-ring (bicyclic) bond motifs is 1. The molecule has 2 atom stereocenters. The summed E-state index contributed by atoms with van der Waals surface area (Å²) in [4.78, 5) is 3.95. The Hall–Kier alpha value is -0.580. The molecule has 4 heteroatoms. The highest BCUT2D eigenvalue weighted by molar-refractivity contribution is 7.10. The van der Waals surface area contributed by atoms with Gasteiger partial charge < -0.3 is 16.0 Å². The standard InChI is InChI=1S/C13H21N3S/c14-12-4-7-17-13(12)9-15-10-3-6-16-5-1-2-11(16)8-10/h4,7,10-11,15H,1-3,5-6,8-9,14H2. The van der Waals surface area contributed by atoms with Crippen molar-refractivity contribution < 1.29 is 0 Å². The summed E-state index contributed by atoms with van der Waals surface area (Å²) in [6, 6.07) is 3.54. The van der Waals surface area contributed by atoms with E-state index in [-0.39, 0.29) is 0 Å². The lowest BCUT2D eigenvalue weighted by molar-refractivity contribution is 0.166. The fourth-order valence-corrected chi connectivity index (χ4v) is 3.89. The maximum absolute atomic E-state index is 5.90. The predicted octanol–water partition coefficient (Wildman–Crippen LogP) is 2.05. The number of nitrogens with two attached hydrogens (primary N) is 1. The van der Waals surface area contributed by atoms with Gasteiger partial charge in [-0.3, -0.25) is 0 Å². The molecule has 2 aliphatic heterocycles. The van der Waals surface area contributed by atoms with Crippen LogP contribution in [0, 0.1) is 0 Å². The molecule has 0 aliphatic carbocycles. The average molecular weight is 251 g/mol. The van der Waals surface area contributed by atoms with E-state index in [1.807, 2.05) is 6.07 Å². The summed E-state index contributed by atoms with van der Waals surface area (Å²) in [7, 11) is 0. The second-order valence-electron chi connectivity index (χ2n) is 5.23. The number of piperidine rings is 1. The zero-order valence-corrected chi connectivity index (χ0v) is 11.0. The van der Waals surface area contributed by atoms with Crippen molar-refractivity contribution in [3.05, 3.63) is 16.3 Å². The SMILES string of the molecule is Nc1ccsc1CNC1CCN2CCCC2C1. The molecule has 0 bridgehead atoms. The first-order valence-corrected chi connectivity index (χ1v) is 7.50. The molecule has 3 N–H and O–H groups in total. The number of nitrogens with one attached hydrogen (secondary N) is 1. The number of thiophene rings is 1. The molecule has 0 spiro atoms. The summed E-state index contributed by atoms with van der Waals surface area (Å²) in [5.41, 5.74) is 6.85. The van der Waals surface area contributed by atoms with Crippen LogP contribution in [0.2, 0.25) is 0 Å². The second kappa shape index (κ2) is 4.96. The van der Waals surface area contributed by atoms with Crippen molar-refractivity contribution in [3.8, 4) is 0 Å². The van der Waals surface area contributed by atoms with Crippen molar-refractivity contribution >= 4 is 17.0 Å². The molecular formula is C13H21N3S. The third-order valence-corrected chi connectivity index (χ3v) is 5.09. The molecule has 2 aliphatic rings. The first kappa shape index (κ1) is 11.5. The minimum absolute atomic E-state index is 0.691. The number of nitrogen functional groups attached to an aromatic ring is 1.